The Balaban J connectivity index is 1.40. The van der Waals surface area contributed by atoms with E-state index in [1.165, 1.54) is 57.3 Å². The summed E-state index contributed by atoms with van der Waals surface area (Å²) < 4.78 is 0. The first-order valence-corrected chi connectivity index (χ1v) is 8.95. The Bertz CT molecular complexity index is 659. The molecule has 2 aromatic rings. The monoisotopic (exact) mass is 324 g/mol. The van der Waals surface area contributed by atoms with Crippen molar-refractivity contribution >= 4 is 23.1 Å². The quantitative estimate of drug-likeness (QED) is 0.876. The minimum Gasteiger partial charge on any atom is -0.372 e. The van der Waals surface area contributed by atoms with E-state index in [1.807, 2.05) is 0 Å². The average molecular weight is 324 g/mol. The molecule has 2 heterocycles. The fourth-order valence-corrected chi connectivity index (χ4v) is 3.56. The van der Waals surface area contributed by atoms with Gasteiger partial charge < -0.3 is 15.5 Å². The van der Waals surface area contributed by atoms with Crippen LogP contribution in [0.2, 0.25) is 0 Å². The highest BCUT2D eigenvalue weighted by Crippen LogP contribution is 2.24. The van der Waals surface area contributed by atoms with E-state index < -0.39 is 0 Å². The zero-order valence-corrected chi connectivity index (χ0v) is 13.9. The van der Waals surface area contributed by atoms with Crippen LogP contribution in [0.3, 0.4) is 0 Å². The molecule has 1 aliphatic heterocycles. The van der Waals surface area contributed by atoms with Crippen LogP contribution in [0.1, 0.15) is 38.5 Å². The molecule has 1 saturated heterocycles. The Labute approximate surface area is 142 Å². The standard InChI is InChI=1S/C18H24N6/c1-2-6-14(5-1)21-18-22-17(13-19-23-18)20-15-7-9-16(10-8-15)24-11-3-4-12-24/h7-10,13-14H,1-6,11-12H2,(H2,20,21,22,23). The van der Waals surface area contributed by atoms with Crippen LogP contribution in [0.25, 0.3) is 0 Å². The Morgan fingerprint density at radius 2 is 1.71 bits per heavy atom. The molecule has 126 valence electrons. The molecule has 6 nitrogen and oxygen atoms in total. The molecular weight excluding hydrogens is 300 g/mol. The maximum Gasteiger partial charge on any atom is 0.244 e. The molecule has 4 rings (SSSR count). The van der Waals surface area contributed by atoms with Gasteiger partial charge in [0.1, 0.15) is 0 Å². The summed E-state index contributed by atoms with van der Waals surface area (Å²) in [6.07, 6.45) is 9.21. The van der Waals surface area contributed by atoms with Gasteiger partial charge in [0.2, 0.25) is 5.95 Å². The first-order chi connectivity index (χ1) is 11.9. The number of hydrogen-bond acceptors (Lipinski definition) is 6. The third kappa shape index (κ3) is 3.58. The van der Waals surface area contributed by atoms with Gasteiger partial charge in [0.15, 0.2) is 5.82 Å². The minimum absolute atomic E-state index is 0.488. The van der Waals surface area contributed by atoms with Gasteiger partial charge in [-0.25, -0.2) is 0 Å². The van der Waals surface area contributed by atoms with Crippen LogP contribution in [-0.2, 0) is 0 Å². The Kier molecular flexibility index (Phi) is 4.44. The summed E-state index contributed by atoms with van der Waals surface area (Å²) in [5, 5.41) is 14.8. The van der Waals surface area contributed by atoms with Crippen molar-refractivity contribution in [3.05, 3.63) is 30.5 Å². The van der Waals surface area contributed by atoms with E-state index in [4.69, 9.17) is 0 Å². The fraction of sp³-hybridized carbons (Fsp3) is 0.500. The molecule has 0 bridgehead atoms. The second-order valence-electron chi connectivity index (χ2n) is 6.66. The maximum absolute atomic E-state index is 4.53. The van der Waals surface area contributed by atoms with E-state index >= 15 is 0 Å². The van der Waals surface area contributed by atoms with Crippen molar-refractivity contribution in [3.63, 3.8) is 0 Å². The topological polar surface area (TPSA) is 66.0 Å². The number of anilines is 4. The smallest absolute Gasteiger partial charge is 0.244 e. The summed E-state index contributed by atoms with van der Waals surface area (Å²) in [6.45, 7) is 2.33. The zero-order valence-electron chi connectivity index (χ0n) is 13.9. The molecule has 0 atom stereocenters. The lowest BCUT2D eigenvalue weighted by Gasteiger charge is -2.18. The van der Waals surface area contributed by atoms with Crippen LogP contribution in [0.15, 0.2) is 30.5 Å². The summed E-state index contributed by atoms with van der Waals surface area (Å²) >= 11 is 0. The molecule has 2 fully saturated rings. The molecule has 6 heteroatoms. The van der Waals surface area contributed by atoms with Crippen LogP contribution in [0, 0.1) is 0 Å². The van der Waals surface area contributed by atoms with E-state index in [2.05, 4.69) is 55.0 Å². The highest BCUT2D eigenvalue weighted by molar-refractivity contribution is 5.61. The molecule has 1 saturated carbocycles. The van der Waals surface area contributed by atoms with Crippen molar-refractivity contribution in [2.24, 2.45) is 0 Å². The van der Waals surface area contributed by atoms with Gasteiger partial charge in [-0.2, -0.15) is 10.1 Å². The summed E-state index contributed by atoms with van der Waals surface area (Å²) in [4.78, 5) is 6.96. The summed E-state index contributed by atoms with van der Waals surface area (Å²) in [6, 6.07) is 9.02. The van der Waals surface area contributed by atoms with E-state index in [9.17, 15) is 0 Å². The number of nitrogens with zero attached hydrogens (tertiary/aromatic N) is 4. The van der Waals surface area contributed by atoms with Crippen molar-refractivity contribution < 1.29 is 0 Å². The fourth-order valence-electron chi connectivity index (χ4n) is 3.56. The van der Waals surface area contributed by atoms with E-state index in [0.29, 0.717) is 12.0 Å². The highest BCUT2D eigenvalue weighted by Gasteiger charge is 2.16. The molecular formula is C18H24N6. The Morgan fingerprint density at radius 3 is 2.46 bits per heavy atom. The lowest BCUT2D eigenvalue weighted by molar-refractivity contribution is 0.738. The molecule has 24 heavy (non-hydrogen) atoms. The number of benzene rings is 1. The lowest BCUT2D eigenvalue weighted by Crippen LogP contribution is -2.17. The predicted molar refractivity (Wildman–Crippen MR) is 96.9 cm³/mol. The lowest BCUT2D eigenvalue weighted by atomic mass is 10.2. The first kappa shape index (κ1) is 15.2. The van der Waals surface area contributed by atoms with Gasteiger partial charge >= 0.3 is 0 Å². The van der Waals surface area contributed by atoms with E-state index in [-0.39, 0.29) is 0 Å². The molecule has 0 spiro atoms. The van der Waals surface area contributed by atoms with Crippen molar-refractivity contribution in [2.75, 3.05) is 28.6 Å². The second-order valence-corrected chi connectivity index (χ2v) is 6.66. The van der Waals surface area contributed by atoms with E-state index in [1.54, 1.807) is 6.20 Å². The van der Waals surface area contributed by atoms with Crippen LogP contribution in [0.5, 0.6) is 0 Å². The molecule has 0 unspecified atom stereocenters. The zero-order chi connectivity index (χ0) is 16.2. The number of nitrogens with one attached hydrogen (secondary N) is 2. The van der Waals surface area contributed by atoms with E-state index in [0.717, 1.165) is 11.5 Å². The van der Waals surface area contributed by atoms with Crippen molar-refractivity contribution in [2.45, 2.75) is 44.6 Å². The Hall–Kier alpha value is -2.37. The molecule has 1 aromatic carbocycles. The molecule has 2 aliphatic rings. The van der Waals surface area contributed by atoms with Crippen LogP contribution >= 0.6 is 0 Å². The number of hydrogen-bond donors (Lipinski definition) is 2. The van der Waals surface area contributed by atoms with Gasteiger partial charge in [0, 0.05) is 30.5 Å². The third-order valence-corrected chi connectivity index (χ3v) is 4.86. The van der Waals surface area contributed by atoms with Gasteiger partial charge in [0.05, 0.1) is 6.20 Å². The molecule has 0 radical (unpaired) electrons. The summed E-state index contributed by atoms with van der Waals surface area (Å²) in [5.41, 5.74) is 2.31. The van der Waals surface area contributed by atoms with Crippen molar-refractivity contribution in [1.82, 2.24) is 15.2 Å². The average Bonchev–Trinajstić information content (AvgIpc) is 3.29. The maximum atomic E-state index is 4.53. The molecule has 1 aromatic heterocycles. The number of aromatic nitrogens is 3. The first-order valence-electron chi connectivity index (χ1n) is 8.95. The van der Waals surface area contributed by atoms with Crippen LogP contribution in [0.4, 0.5) is 23.1 Å². The highest BCUT2D eigenvalue weighted by atomic mass is 15.3. The molecule has 0 amide bonds. The number of rotatable bonds is 5. The van der Waals surface area contributed by atoms with Crippen LogP contribution in [-0.4, -0.2) is 34.3 Å². The molecule has 1 aliphatic carbocycles. The normalized spacial score (nSPS) is 18.1. The van der Waals surface area contributed by atoms with Crippen molar-refractivity contribution in [3.8, 4) is 0 Å². The van der Waals surface area contributed by atoms with Gasteiger partial charge in [-0.15, -0.1) is 5.10 Å². The largest absolute Gasteiger partial charge is 0.372 e. The Morgan fingerprint density at radius 1 is 0.958 bits per heavy atom. The van der Waals surface area contributed by atoms with Gasteiger partial charge in [-0.1, -0.05) is 12.8 Å². The minimum atomic E-state index is 0.488. The predicted octanol–water partition coefficient (Wildman–Crippen LogP) is 3.57. The second kappa shape index (κ2) is 7.03. The van der Waals surface area contributed by atoms with Gasteiger partial charge in [-0.3, -0.25) is 0 Å². The van der Waals surface area contributed by atoms with Gasteiger partial charge in [-0.05, 0) is 49.9 Å². The summed E-state index contributed by atoms with van der Waals surface area (Å²) in [5.74, 6) is 1.33. The third-order valence-electron chi connectivity index (χ3n) is 4.86. The van der Waals surface area contributed by atoms with Crippen molar-refractivity contribution in [1.29, 1.82) is 0 Å². The molecule has 2 N–H and O–H groups in total. The van der Waals surface area contributed by atoms with Gasteiger partial charge in [0.25, 0.3) is 0 Å². The SMILES string of the molecule is c1cc(N2CCCC2)ccc1Nc1cnnc(NC2CCCC2)n1. The van der Waals surface area contributed by atoms with Crippen LogP contribution < -0.4 is 15.5 Å². The summed E-state index contributed by atoms with van der Waals surface area (Å²) in [7, 11) is 0.